The van der Waals surface area contributed by atoms with Gasteiger partial charge in [-0.1, -0.05) is 24.9 Å². The molecule has 0 radical (unpaired) electrons. The summed E-state index contributed by atoms with van der Waals surface area (Å²) < 4.78 is 7.76. The minimum absolute atomic E-state index is 0.173. The van der Waals surface area contributed by atoms with Gasteiger partial charge >= 0.3 is 0 Å². The largest absolute Gasteiger partial charge is 0.491 e. The maximum Gasteiger partial charge on any atom is 0.163 e. The minimum atomic E-state index is -0.519. The highest BCUT2D eigenvalue weighted by Gasteiger charge is 2.53. The molecule has 9 heteroatoms. The van der Waals surface area contributed by atoms with Crippen molar-refractivity contribution >= 4 is 17.4 Å². The maximum absolute atomic E-state index is 10.1. The van der Waals surface area contributed by atoms with Crippen molar-refractivity contribution in [2.24, 2.45) is 18.4 Å². The second kappa shape index (κ2) is 10.2. The molecule has 2 aliphatic rings. The van der Waals surface area contributed by atoms with E-state index in [0.717, 1.165) is 66.4 Å². The summed E-state index contributed by atoms with van der Waals surface area (Å²) in [6, 6.07) is 7.84. The molecule has 1 aromatic carbocycles. The number of hydrogen-bond acceptors (Lipinski definition) is 7. The van der Waals surface area contributed by atoms with Gasteiger partial charge in [-0.25, -0.2) is 9.97 Å². The monoisotopic (exact) mass is 534 g/mol. The molecule has 8 nitrogen and oxygen atoms in total. The number of aliphatic hydroxyl groups is 1. The van der Waals surface area contributed by atoms with Crippen molar-refractivity contribution in [3.05, 3.63) is 40.0 Å². The van der Waals surface area contributed by atoms with Crippen LogP contribution in [-0.4, -0.2) is 50.7 Å². The highest BCUT2D eigenvalue weighted by Crippen LogP contribution is 2.53. The van der Waals surface area contributed by atoms with Crippen molar-refractivity contribution in [1.29, 1.82) is 5.26 Å². The number of nitriles is 1. The normalized spacial score (nSPS) is 17.2. The highest BCUT2D eigenvalue weighted by molar-refractivity contribution is 6.33. The van der Waals surface area contributed by atoms with Crippen LogP contribution in [0.5, 0.6) is 5.75 Å². The second-order valence-electron chi connectivity index (χ2n) is 11.0. The number of aryl methyl sites for hydroxylation is 2. The molecular weight excluding hydrogens is 500 g/mol. The lowest BCUT2D eigenvalue weighted by molar-refractivity contribution is 0.0511. The Kier molecular flexibility index (Phi) is 7.10. The van der Waals surface area contributed by atoms with Crippen LogP contribution in [0.25, 0.3) is 22.8 Å². The third-order valence-corrected chi connectivity index (χ3v) is 8.33. The summed E-state index contributed by atoms with van der Waals surface area (Å²) in [5, 5.41) is 24.5. The first-order valence-corrected chi connectivity index (χ1v) is 13.7. The van der Waals surface area contributed by atoms with Crippen LogP contribution >= 0.6 is 11.6 Å². The zero-order valence-electron chi connectivity index (χ0n) is 22.8. The van der Waals surface area contributed by atoms with Crippen LogP contribution in [0.1, 0.15) is 49.4 Å². The van der Waals surface area contributed by atoms with Crippen LogP contribution in [0.2, 0.25) is 5.02 Å². The molecule has 38 heavy (non-hydrogen) atoms. The van der Waals surface area contributed by atoms with E-state index in [1.165, 1.54) is 0 Å². The van der Waals surface area contributed by atoms with E-state index >= 15 is 0 Å². The summed E-state index contributed by atoms with van der Waals surface area (Å²) in [5.74, 6) is 2.19. The molecule has 1 spiro atoms. The van der Waals surface area contributed by atoms with Gasteiger partial charge in [0.2, 0.25) is 0 Å². The van der Waals surface area contributed by atoms with Gasteiger partial charge in [-0.05, 0) is 63.8 Å². The smallest absolute Gasteiger partial charge is 0.163 e. The Morgan fingerprint density at radius 2 is 1.95 bits per heavy atom. The van der Waals surface area contributed by atoms with Crippen LogP contribution < -0.4 is 9.64 Å². The Hall–Kier alpha value is -3.15. The first-order valence-electron chi connectivity index (χ1n) is 13.3. The lowest BCUT2D eigenvalue weighted by atomic mass is 9.58. The molecule has 1 saturated carbocycles. The van der Waals surface area contributed by atoms with E-state index in [4.69, 9.17) is 26.3 Å². The molecule has 2 fully saturated rings. The zero-order chi connectivity index (χ0) is 27.2. The maximum atomic E-state index is 10.1. The summed E-state index contributed by atoms with van der Waals surface area (Å²) >= 11 is 6.69. The van der Waals surface area contributed by atoms with Gasteiger partial charge in [0.15, 0.2) is 5.82 Å². The predicted octanol–water partition coefficient (Wildman–Crippen LogP) is 5.40. The third-order valence-electron chi connectivity index (χ3n) is 8.00. The van der Waals surface area contributed by atoms with E-state index in [2.05, 4.69) is 29.9 Å². The fraction of sp³-hybridized carbons (Fsp3) is 0.517. The number of nitrogens with zero attached hydrogens (tertiary/aromatic N) is 6. The van der Waals surface area contributed by atoms with Crippen molar-refractivity contribution in [3.63, 3.8) is 0 Å². The first-order chi connectivity index (χ1) is 18.1. The van der Waals surface area contributed by atoms with Crippen molar-refractivity contribution in [2.75, 3.05) is 24.6 Å². The van der Waals surface area contributed by atoms with E-state index in [-0.39, 0.29) is 17.9 Å². The van der Waals surface area contributed by atoms with E-state index in [0.29, 0.717) is 28.6 Å². The van der Waals surface area contributed by atoms with E-state index in [1.54, 1.807) is 12.1 Å². The van der Waals surface area contributed by atoms with E-state index in [1.807, 2.05) is 31.6 Å². The van der Waals surface area contributed by atoms with Crippen molar-refractivity contribution in [3.8, 4) is 34.6 Å². The molecule has 2 aromatic heterocycles. The number of halogens is 1. The average molecular weight is 535 g/mol. The van der Waals surface area contributed by atoms with Crippen LogP contribution in [0.3, 0.4) is 0 Å². The van der Waals surface area contributed by atoms with Gasteiger partial charge in [-0.15, -0.1) is 0 Å². The Balaban J connectivity index is 1.55. The van der Waals surface area contributed by atoms with Crippen molar-refractivity contribution in [1.82, 2.24) is 19.7 Å². The molecule has 3 heterocycles. The lowest BCUT2D eigenvalue weighted by Crippen LogP contribution is -2.62. The molecule has 5 rings (SSSR count). The zero-order valence-corrected chi connectivity index (χ0v) is 23.5. The molecule has 1 saturated heterocycles. The van der Waals surface area contributed by atoms with Gasteiger partial charge in [0.25, 0.3) is 0 Å². The van der Waals surface area contributed by atoms with Crippen LogP contribution in [0.15, 0.2) is 18.2 Å². The number of benzene rings is 1. The van der Waals surface area contributed by atoms with Crippen LogP contribution in [0, 0.1) is 43.4 Å². The summed E-state index contributed by atoms with van der Waals surface area (Å²) in [6.45, 7) is 10.2. The molecule has 1 aliphatic heterocycles. The number of rotatable bonds is 8. The summed E-state index contributed by atoms with van der Waals surface area (Å²) in [6.07, 6.45) is 2.97. The quantitative estimate of drug-likeness (QED) is 0.413. The molecule has 200 valence electrons. The second-order valence-corrected chi connectivity index (χ2v) is 11.4. The average Bonchev–Trinajstić information content (AvgIpc) is 3.09. The van der Waals surface area contributed by atoms with E-state index < -0.39 is 6.10 Å². The Labute approximate surface area is 229 Å². The molecule has 1 atom stereocenters. The predicted molar refractivity (Wildman–Crippen MR) is 148 cm³/mol. The Morgan fingerprint density at radius 1 is 1.21 bits per heavy atom. The number of aliphatic hydroxyl groups excluding tert-OH is 1. The molecule has 0 bridgehead atoms. The Morgan fingerprint density at radius 3 is 2.58 bits per heavy atom. The lowest BCUT2D eigenvalue weighted by Gasteiger charge is -2.58. The van der Waals surface area contributed by atoms with E-state index in [9.17, 15) is 10.4 Å². The first kappa shape index (κ1) is 26.5. The summed E-state index contributed by atoms with van der Waals surface area (Å²) in [4.78, 5) is 12.4. The number of aromatic nitrogens is 4. The molecule has 3 aromatic rings. The van der Waals surface area contributed by atoms with Gasteiger partial charge in [-0.2, -0.15) is 10.4 Å². The summed E-state index contributed by atoms with van der Waals surface area (Å²) in [7, 11) is 1.94. The topological polar surface area (TPSA) is 100 Å². The summed E-state index contributed by atoms with van der Waals surface area (Å²) in [5.41, 5.74) is 5.73. The highest BCUT2D eigenvalue weighted by atomic mass is 35.5. The van der Waals surface area contributed by atoms with Crippen molar-refractivity contribution in [2.45, 2.75) is 59.5 Å². The fourth-order valence-corrected chi connectivity index (χ4v) is 6.08. The van der Waals surface area contributed by atoms with Gasteiger partial charge in [0, 0.05) is 42.6 Å². The van der Waals surface area contributed by atoms with Gasteiger partial charge < -0.3 is 14.7 Å². The standard InChI is InChI=1S/C29H35ClN6O2/c1-6-7-21(37)14-38-22-8-9-24(30)23(10-22)27-32-25(26-17(2)19(4)34-35(26)5)18(3)28(33-27)36-15-29(16-36)11-20(12-29)13-31/h8-10,20-21,37H,6-7,11-12,14-16H2,1-5H3/t21-/m1/s1. The number of anilines is 1. The van der Waals surface area contributed by atoms with Gasteiger partial charge in [-0.3, -0.25) is 4.68 Å². The molecular formula is C29H35ClN6O2. The molecule has 0 amide bonds. The van der Waals surface area contributed by atoms with Crippen LogP contribution in [-0.2, 0) is 7.05 Å². The van der Waals surface area contributed by atoms with Crippen molar-refractivity contribution < 1.29 is 9.84 Å². The van der Waals surface area contributed by atoms with Crippen LogP contribution in [0.4, 0.5) is 5.82 Å². The fourth-order valence-electron chi connectivity index (χ4n) is 5.88. The minimum Gasteiger partial charge on any atom is -0.491 e. The number of ether oxygens (including phenoxy) is 1. The molecule has 1 N–H and O–H groups in total. The molecule has 0 unspecified atom stereocenters. The number of hydrogen-bond donors (Lipinski definition) is 1. The third kappa shape index (κ3) is 4.74. The molecule has 1 aliphatic carbocycles. The Bertz CT molecular complexity index is 1400. The van der Waals surface area contributed by atoms with Gasteiger partial charge in [0.1, 0.15) is 18.2 Å². The SMILES string of the molecule is CCC[C@@H](O)COc1ccc(Cl)c(-c2nc(-c3c(C)c(C)nn3C)c(C)c(N3CC4(CC(C#N)C4)C3)n2)c1. The van der Waals surface area contributed by atoms with Gasteiger partial charge in [0.05, 0.1) is 34.3 Å².